The van der Waals surface area contributed by atoms with Gasteiger partial charge in [-0.1, -0.05) is 11.6 Å². The molecule has 6 heteroatoms. The molecule has 16 heavy (non-hydrogen) atoms. The second kappa shape index (κ2) is 4.24. The fraction of sp³-hybridized carbons (Fsp3) is 0. The Hall–Kier alpha value is -2.01. The van der Waals surface area contributed by atoms with E-state index >= 15 is 0 Å². The molecule has 0 saturated heterocycles. The maximum atomic E-state index is 11.0. The molecule has 82 valence electrons. The van der Waals surface area contributed by atoms with Crippen LogP contribution < -0.4 is 16.2 Å². The molecule has 2 aromatic rings. The van der Waals surface area contributed by atoms with Gasteiger partial charge in [0.1, 0.15) is 10.9 Å². The summed E-state index contributed by atoms with van der Waals surface area (Å²) in [6.07, 6.45) is 0. The zero-order valence-corrected chi connectivity index (χ0v) is 8.86. The summed E-state index contributed by atoms with van der Waals surface area (Å²) in [5.74, 6) is 0.668. The number of aromatic nitrogens is 2. The van der Waals surface area contributed by atoms with E-state index in [2.05, 4.69) is 9.97 Å². The van der Waals surface area contributed by atoms with Crippen LogP contribution in [0.2, 0.25) is 5.15 Å². The van der Waals surface area contributed by atoms with Crippen LogP contribution in [0.15, 0.2) is 35.1 Å². The van der Waals surface area contributed by atoms with Crippen LogP contribution in [0.4, 0.5) is 5.69 Å². The highest BCUT2D eigenvalue weighted by molar-refractivity contribution is 6.29. The minimum absolute atomic E-state index is 0.138. The first kappa shape index (κ1) is 10.5. The Morgan fingerprint density at radius 1 is 1.31 bits per heavy atom. The summed E-state index contributed by atoms with van der Waals surface area (Å²) in [6.45, 7) is 0. The number of nitrogens with two attached hydrogens (primary N) is 1. The van der Waals surface area contributed by atoms with E-state index in [1.54, 1.807) is 24.3 Å². The molecule has 0 spiro atoms. The summed E-state index contributed by atoms with van der Waals surface area (Å²) in [5.41, 5.74) is 5.59. The number of halogens is 1. The first-order valence-corrected chi connectivity index (χ1v) is 4.81. The predicted molar refractivity (Wildman–Crippen MR) is 60.8 cm³/mol. The Morgan fingerprint density at radius 3 is 2.62 bits per heavy atom. The van der Waals surface area contributed by atoms with Crippen LogP contribution in [0.25, 0.3) is 0 Å². The van der Waals surface area contributed by atoms with Crippen molar-refractivity contribution in [3.8, 4) is 11.6 Å². The lowest BCUT2D eigenvalue weighted by atomic mass is 10.3. The van der Waals surface area contributed by atoms with Crippen molar-refractivity contribution in [1.82, 2.24) is 9.97 Å². The number of anilines is 1. The van der Waals surface area contributed by atoms with Gasteiger partial charge >= 0.3 is 5.69 Å². The molecule has 5 nitrogen and oxygen atoms in total. The van der Waals surface area contributed by atoms with Crippen molar-refractivity contribution in [2.24, 2.45) is 0 Å². The third-order valence-electron chi connectivity index (χ3n) is 1.79. The maximum absolute atomic E-state index is 11.0. The lowest BCUT2D eigenvalue weighted by Crippen LogP contribution is -2.10. The van der Waals surface area contributed by atoms with Crippen molar-refractivity contribution in [1.29, 1.82) is 0 Å². The van der Waals surface area contributed by atoms with E-state index in [1.165, 1.54) is 6.07 Å². The normalized spacial score (nSPS) is 10.1. The van der Waals surface area contributed by atoms with Crippen molar-refractivity contribution >= 4 is 17.3 Å². The molecule has 0 radical (unpaired) electrons. The van der Waals surface area contributed by atoms with Gasteiger partial charge in [-0.25, -0.2) is 4.79 Å². The van der Waals surface area contributed by atoms with Crippen molar-refractivity contribution in [2.75, 3.05) is 5.73 Å². The van der Waals surface area contributed by atoms with Crippen LogP contribution in [0.5, 0.6) is 11.6 Å². The van der Waals surface area contributed by atoms with Crippen molar-refractivity contribution in [2.45, 2.75) is 0 Å². The van der Waals surface area contributed by atoms with Gasteiger partial charge in [0.05, 0.1) is 0 Å². The second-order valence-electron chi connectivity index (χ2n) is 3.04. The molecule has 2 rings (SSSR count). The predicted octanol–water partition coefficient (Wildman–Crippen LogP) is 1.80. The number of aromatic amines is 1. The summed E-state index contributed by atoms with van der Waals surface area (Å²) in [4.78, 5) is 16.9. The number of benzene rings is 1. The van der Waals surface area contributed by atoms with Crippen LogP contribution in [0.1, 0.15) is 0 Å². The molecule has 1 aromatic heterocycles. The fourth-order valence-electron chi connectivity index (χ4n) is 1.12. The monoisotopic (exact) mass is 237 g/mol. The van der Waals surface area contributed by atoms with Crippen LogP contribution in [0, 0.1) is 0 Å². The average Bonchev–Trinajstić information content (AvgIpc) is 2.20. The van der Waals surface area contributed by atoms with Gasteiger partial charge in [-0.15, -0.1) is 0 Å². The van der Waals surface area contributed by atoms with Gasteiger partial charge in [-0.2, -0.15) is 4.98 Å². The van der Waals surface area contributed by atoms with E-state index in [4.69, 9.17) is 22.1 Å². The Morgan fingerprint density at radius 2 is 2.00 bits per heavy atom. The number of nitrogens with one attached hydrogen (secondary N) is 1. The van der Waals surface area contributed by atoms with Gasteiger partial charge in [0.25, 0.3) is 0 Å². The number of nitrogens with zero attached hydrogens (tertiary/aromatic N) is 1. The van der Waals surface area contributed by atoms with E-state index in [-0.39, 0.29) is 11.0 Å². The molecule has 0 fully saturated rings. The average molecular weight is 238 g/mol. The number of nitrogen functional groups attached to an aromatic ring is 1. The molecule has 0 bridgehead atoms. The minimum Gasteiger partial charge on any atom is -0.439 e. The molecule has 0 saturated carbocycles. The number of ether oxygens (including phenoxy) is 1. The standard InChI is InChI=1S/C10H8ClN3O2/c11-8-5-9(14-10(15)13-8)16-7-3-1-6(12)2-4-7/h1-5H,12H2,(H,13,14,15). The number of hydrogen-bond acceptors (Lipinski definition) is 4. The Bertz CT molecular complexity index is 551. The van der Waals surface area contributed by atoms with E-state index in [0.29, 0.717) is 11.4 Å². The molecular weight excluding hydrogens is 230 g/mol. The smallest absolute Gasteiger partial charge is 0.349 e. The highest BCUT2D eigenvalue weighted by Crippen LogP contribution is 2.20. The van der Waals surface area contributed by atoms with Crippen LogP contribution in [0.3, 0.4) is 0 Å². The van der Waals surface area contributed by atoms with Gasteiger partial charge in [0.15, 0.2) is 0 Å². The summed E-state index contributed by atoms with van der Waals surface area (Å²) in [7, 11) is 0. The molecule has 0 aliphatic carbocycles. The lowest BCUT2D eigenvalue weighted by Gasteiger charge is -2.04. The summed E-state index contributed by atoms with van der Waals surface area (Å²) in [6, 6.07) is 8.13. The molecule has 0 unspecified atom stereocenters. The second-order valence-corrected chi connectivity index (χ2v) is 3.45. The molecule has 1 aromatic carbocycles. The fourth-order valence-corrected chi connectivity index (χ4v) is 1.29. The Kier molecular flexibility index (Phi) is 2.78. The SMILES string of the molecule is Nc1ccc(Oc2cc(Cl)[nH]c(=O)n2)cc1. The Balaban J connectivity index is 2.26. The maximum Gasteiger partial charge on any atom is 0.349 e. The van der Waals surface area contributed by atoms with Crippen LogP contribution >= 0.6 is 11.6 Å². The zero-order chi connectivity index (χ0) is 11.5. The van der Waals surface area contributed by atoms with E-state index in [0.717, 1.165) is 0 Å². The molecule has 1 heterocycles. The number of H-pyrrole nitrogens is 1. The van der Waals surface area contributed by atoms with E-state index < -0.39 is 5.69 Å². The lowest BCUT2D eigenvalue weighted by molar-refractivity contribution is 0.459. The first-order chi connectivity index (χ1) is 7.63. The third kappa shape index (κ3) is 2.52. The molecule has 3 N–H and O–H groups in total. The molecule has 0 atom stereocenters. The largest absolute Gasteiger partial charge is 0.439 e. The first-order valence-electron chi connectivity index (χ1n) is 4.44. The molecule has 0 aliphatic rings. The molecular formula is C10H8ClN3O2. The quantitative estimate of drug-likeness (QED) is 0.616. The van der Waals surface area contributed by atoms with Gasteiger partial charge in [-0.3, -0.25) is 4.98 Å². The number of rotatable bonds is 2. The topological polar surface area (TPSA) is 81.0 Å². The Labute approximate surface area is 95.8 Å². The van der Waals surface area contributed by atoms with Gasteiger partial charge in [0.2, 0.25) is 5.88 Å². The highest BCUT2D eigenvalue weighted by Gasteiger charge is 2.01. The van der Waals surface area contributed by atoms with Gasteiger partial charge < -0.3 is 10.5 Å². The van der Waals surface area contributed by atoms with Crippen molar-refractivity contribution in [3.63, 3.8) is 0 Å². The zero-order valence-electron chi connectivity index (χ0n) is 8.11. The third-order valence-corrected chi connectivity index (χ3v) is 1.99. The van der Waals surface area contributed by atoms with Crippen molar-refractivity contribution < 1.29 is 4.74 Å². The van der Waals surface area contributed by atoms with Crippen LogP contribution in [-0.4, -0.2) is 9.97 Å². The van der Waals surface area contributed by atoms with Gasteiger partial charge in [0, 0.05) is 11.8 Å². The minimum atomic E-state index is -0.557. The van der Waals surface area contributed by atoms with Crippen molar-refractivity contribution in [3.05, 3.63) is 46.0 Å². The van der Waals surface area contributed by atoms with Crippen LogP contribution in [-0.2, 0) is 0 Å². The van der Waals surface area contributed by atoms with Gasteiger partial charge in [-0.05, 0) is 24.3 Å². The van der Waals surface area contributed by atoms with E-state index in [1.807, 2.05) is 0 Å². The van der Waals surface area contributed by atoms with E-state index in [9.17, 15) is 4.79 Å². The summed E-state index contributed by atoms with van der Waals surface area (Å²) in [5, 5.41) is 0.172. The summed E-state index contributed by atoms with van der Waals surface area (Å²) < 4.78 is 5.32. The summed E-state index contributed by atoms with van der Waals surface area (Å²) >= 11 is 5.65. The highest BCUT2D eigenvalue weighted by atomic mass is 35.5. The molecule has 0 aliphatic heterocycles. The number of hydrogen-bond donors (Lipinski definition) is 2. The molecule has 0 amide bonds.